The molecule has 6 fully saturated rings. The third-order valence-electron chi connectivity index (χ3n) is 14.1. The molecule has 2 bridgehead atoms. The third kappa shape index (κ3) is 7.57. The zero-order valence-electron chi connectivity index (χ0n) is 34.8. The number of likely N-dealkylation sites (tertiary alicyclic amines) is 1. The van der Waals surface area contributed by atoms with Crippen LogP contribution >= 0.6 is 23.2 Å². The standard InChI is InChI=1S/C44H47Cl2N11O7/c45-29-5-2-6-30(46)35(29)41(60)51-25-17-26(18-25)55-22-50-36-38(48-21-49-39(36)55)47-19-23-9-13-53(14-10-23)20-32-24-11-15-54(16-12-24)57(32)37(44(63)64)27-3-1-4-28-34(27)43(62)56(42(28)61)31-7-8-33(58)52-40(31)59/h1-6,21-26,31-32,37H,7-20H2,(H,51,60)(H,63,64)(H,47,48,49)(H,52,58,59)/t25?,26?,31-,32+,37-/m0/s1. The van der Waals surface area contributed by atoms with Gasteiger partial charge in [-0.3, -0.25) is 39.0 Å². The van der Waals surface area contributed by atoms with Crippen LogP contribution in [0.15, 0.2) is 49.1 Å². The fraction of sp³-hybridized carbons (Fsp3) is 0.477. The second-order valence-corrected chi connectivity index (χ2v) is 18.6. The molecule has 6 aliphatic heterocycles. The molecule has 5 saturated heterocycles. The van der Waals surface area contributed by atoms with Crippen LogP contribution in [0.4, 0.5) is 5.82 Å². The zero-order valence-corrected chi connectivity index (χ0v) is 36.3. The van der Waals surface area contributed by atoms with Gasteiger partial charge < -0.3 is 25.2 Å². The molecule has 1 saturated carbocycles. The van der Waals surface area contributed by atoms with Gasteiger partial charge in [-0.05, 0) is 93.6 Å². The van der Waals surface area contributed by atoms with Crippen LogP contribution in [0.1, 0.15) is 100 Å². The molecule has 0 spiro atoms. The molecule has 7 aliphatic rings. The number of carboxylic acid groups (broad SMARTS) is 1. The molecule has 1 aliphatic carbocycles. The topological polar surface area (TPSA) is 215 Å². The number of carbonyl (C=O) groups is 6. The summed E-state index contributed by atoms with van der Waals surface area (Å²) < 4.78 is 2.04. The molecule has 3 atom stereocenters. The Morgan fingerprint density at radius 2 is 1.62 bits per heavy atom. The van der Waals surface area contributed by atoms with E-state index in [1.54, 1.807) is 43.0 Å². The molecule has 5 amide bonds. The van der Waals surface area contributed by atoms with Crippen LogP contribution < -0.4 is 16.0 Å². The first-order chi connectivity index (χ1) is 30.9. The van der Waals surface area contributed by atoms with Gasteiger partial charge in [0.05, 0.1) is 33.1 Å². The lowest BCUT2D eigenvalue weighted by atomic mass is 9.83. The highest BCUT2D eigenvalue weighted by Gasteiger charge is 2.51. The summed E-state index contributed by atoms with van der Waals surface area (Å²) in [5.74, 6) is -2.71. The SMILES string of the molecule is O=C1CC[C@H](N2C(=O)c3cccc([C@@H](C(=O)O)N4[C@H](CN5CCC(CNc6ncnc7c6ncn7C6CC(NC(=O)c7c(Cl)cccc7Cl)C6)CC5)C5CCN4CC5)c3C2=O)C(=O)N1. The maximum Gasteiger partial charge on any atom is 0.326 e. The summed E-state index contributed by atoms with van der Waals surface area (Å²) in [5, 5.41) is 24.4. The largest absolute Gasteiger partial charge is 0.480 e. The van der Waals surface area contributed by atoms with E-state index in [1.807, 2.05) is 9.58 Å². The first kappa shape index (κ1) is 42.4. The highest BCUT2D eigenvalue weighted by Crippen LogP contribution is 2.43. The number of nitrogens with one attached hydrogen (secondary N) is 3. The molecule has 64 heavy (non-hydrogen) atoms. The average molecular weight is 913 g/mol. The Kier molecular flexibility index (Phi) is 11.3. The monoisotopic (exact) mass is 911 g/mol. The second kappa shape index (κ2) is 17.1. The van der Waals surface area contributed by atoms with E-state index in [2.05, 4.69) is 40.8 Å². The molecule has 4 aromatic rings. The smallest absolute Gasteiger partial charge is 0.326 e. The van der Waals surface area contributed by atoms with Crippen LogP contribution in [-0.4, -0.2) is 137 Å². The van der Waals surface area contributed by atoms with Gasteiger partial charge in [0.25, 0.3) is 17.7 Å². The molecule has 11 rings (SSSR count). The molecule has 2 aromatic carbocycles. The molecular formula is C44H47Cl2N11O7. The normalized spacial score (nSPS) is 26.8. The Morgan fingerprint density at radius 1 is 0.891 bits per heavy atom. The number of hydrazine groups is 1. The van der Waals surface area contributed by atoms with Crippen molar-refractivity contribution in [1.82, 2.24) is 50.0 Å². The van der Waals surface area contributed by atoms with E-state index in [0.29, 0.717) is 66.3 Å². The number of anilines is 1. The number of benzene rings is 2. The van der Waals surface area contributed by atoms with Crippen molar-refractivity contribution < 1.29 is 33.9 Å². The van der Waals surface area contributed by atoms with E-state index in [0.717, 1.165) is 49.3 Å². The van der Waals surface area contributed by atoms with Gasteiger partial charge in [-0.1, -0.05) is 41.4 Å². The predicted molar refractivity (Wildman–Crippen MR) is 232 cm³/mol. The second-order valence-electron chi connectivity index (χ2n) is 17.8. The number of hydrogen-bond donors (Lipinski definition) is 4. The van der Waals surface area contributed by atoms with Crippen molar-refractivity contribution in [2.75, 3.05) is 44.6 Å². The molecule has 20 heteroatoms. The van der Waals surface area contributed by atoms with E-state index in [4.69, 9.17) is 23.2 Å². The highest BCUT2D eigenvalue weighted by molar-refractivity contribution is 6.39. The molecule has 334 valence electrons. The number of hydrogen-bond acceptors (Lipinski definition) is 13. The lowest BCUT2D eigenvalue weighted by molar-refractivity contribution is -0.196. The molecule has 18 nitrogen and oxygen atoms in total. The molecule has 2 aromatic heterocycles. The minimum absolute atomic E-state index is 0.00503. The number of halogens is 2. The van der Waals surface area contributed by atoms with Crippen LogP contribution in [0.25, 0.3) is 11.2 Å². The Morgan fingerprint density at radius 3 is 2.34 bits per heavy atom. The van der Waals surface area contributed by atoms with E-state index < -0.39 is 41.7 Å². The Bertz CT molecular complexity index is 2550. The van der Waals surface area contributed by atoms with Crippen molar-refractivity contribution in [3.63, 3.8) is 0 Å². The van der Waals surface area contributed by atoms with Crippen molar-refractivity contribution in [1.29, 1.82) is 0 Å². The van der Waals surface area contributed by atoms with Crippen LogP contribution in [0.2, 0.25) is 10.0 Å². The van der Waals surface area contributed by atoms with Gasteiger partial charge >= 0.3 is 5.97 Å². The molecule has 0 radical (unpaired) electrons. The summed E-state index contributed by atoms with van der Waals surface area (Å²) in [5.41, 5.74) is 1.98. The predicted octanol–water partition coefficient (Wildman–Crippen LogP) is 3.93. The summed E-state index contributed by atoms with van der Waals surface area (Å²) in [6.45, 7) is 4.38. The van der Waals surface area contributed by atoms with Gasteiger partial charge in [0.1, 0.15) is 23.9 Å². The quantitative estimate of drug-likeness (QED) is 0.148. The van der Waals surface area contributed by atoms with Crippen LogP contribution in [0.3, 0.4) is 0 Å². The zero-order chi connectivity index (χ0) is 44.4. The van der Waals surface area contributed by atoms with E-state index in [9.17, 15) is 33.9 Å². The number of fused-ring (bicyclic) bond motifs is 5. The minimum Gasteiger partial charge on any atom is -0.480 e. The summed E-state index contributed by atoms with van der Waals surface area (Å²) in [7, 11) is 0. The number of carbonyl (C=O) groups excluding carboxylic acids is 5. The van der Waals surface area contributed by atoms with Gasteiger partial charge in [-0.25, -0.2) is 25.0 Å². The van der Waals surface area contributed by atoms with Gasteiger partial charge in [-0.2, -0.15) is 0 Å². The van der Waals surface area contributed by atoms with Crippen molar-refractivity contribution in [2.45, 2.75) is 81.6 Å². The number of amides is 5. The summed E-state index contributed by atoms with van der Waals surface area (Å²) in [6, 6.07) is 7.24. The van der Waals surface area contributed by atoms with E-state index in [-0.39, 0.29) is 65.0 Å². The van der Waals surface area contributed by atoms with Gasteiger partial charge in [-0.15, -0.1) is 0 Å². The number of nitrogens with zero attached hydrogens (tertiary/aromatic N) is 8. The van der Waals surface area contributed by atoms with Crippen molar-refractivity contribution >= 4 is 75.7 Å². The van der Waals surface area contributed by atoms with Crippen LogP contribution in [-0.2, 0) is 14.4 Å². The average Bonchev–Trinajstić information content (AvgIpc) is 3.81. The Labute approximate surface area is 377 Å². The number of imidazole rings is 1. The summed E-state index contributed by atoms with van der Waals surface area (Å²) in [4.78, 5) is 95.8. The molecular weight excluding hydrogens is 865 g/mol. The number of aliphatic carboxylic acids is 1. The van der Waals surface area contributed by atoms with Gasteiger partial charge in [0.15, 0.2) is 11.5 Å². The maximum absolute atomic E-state index is 14.1. The first-order valence-corrected chi connectivity index (χ1v) is 22.7. The number of aromatic nitrogens is 4. The van der Waals surface area contributed by atoms with Crippen LogP contribution in [0, 0.1) is 11.8 Å². The fourth-order valence-corrected chi connectivity index (χ4v) is 11.3. The van der Waals surface area contributed by atoms with Crippen LogP contribution in [0.5, 0.6) is 0 Å². The molecule has 4 N–H and O–H groups in total. The maximum atomic E-state index is 14.1. The lowest BCUT2D eigenvalue weighted by Gasteiger charge is -2.56. The number of rotatable bonds is 12. The summed E-state index contributed by atoms with van der Waals surface area (Å²) >= 11 is 12.5. The van der Waals surface area contributed by atoms with E-state index >= 15 is 0 Å². The van der Waals surface area contributed by atoms with Gasteiger partial charge in [0.2, 0.25) is 11.8 Å². The Balaban J connectivity index is 0.774. The lowest BCUT2D eigenvalue weighted by Crippen LogP contribution is -2.66. The van der Waals surface area contributed by atoms with E-state index in [1.165, 1.54) is 6.07 Å². The van der Waals surface area contributed by atoms with Crippen molar-refractivity contribution in [3.8, 4) is 0 Å². The highest BCUT2D eigenvalue weighted by atomic mass is 35.5. The van der Waals surface area contributed by atoms with Crippen molar-refractivity contribution in [3.05, 3.63) is 81.4 Å². The fourth-order valence-electron chi connectivity index (χ4n) is 10.7. The molecule has 0 unspecified atom stereocenters. The number of carboxylic acids is 1. The third-order valence-corrected chi connectivity index (χ3v) is 14.8. The Hall–Kier alpha value is -5.53. The molecule has 8 heterocycles. The van der Waals surface area contributed by atoms with Gasteiger partial charge in [0, 0.05) is 50.7 Å². The number of imide groups is 2. The number of piperidine rings is 3. The van der Waals surface area contributed by atoms with Crippen molar-refractivity contribution in [2.24, 2.45) is 11.8 Å². The first-order valence-electron chi connectivity index (χ1n) is 21.9. The minimum atomic E-state index is -1.23. The summed E-state index contributed by atoms with van der Waals surface area (Å²) in [6.07, 6.45) is 8.44.